The predicted molar refractivity (Wildman–Crippen MR) is 99.7 cm³/mol. The van der Waals surface area contributed by atoms with Gasteiger partial charge in [0.1, 0.15) is 5.82 Å². The molecule has 2 fully saturated rings. The number of ether oxygens (including phenoxy) is 1. The maximum absolute atomic E-state index is 13.5. The van der Waals surface area contributed by atoms with Crippen LogP contribution < -0.4 is 5.32 Å². The van der Waals surface area contributed by atoms with E-state index in [1.807, 2.05) is 4.90 Å². The SMILES string of the molecule is COCC1c2ccc(F)cc2CCN1C(=O)CNCC(O)(C1CC1)C1CC1. The van der Waals surface area contributed by atoms with E-state index >= 15 is 0 Å². The molecule has 6 heteroatoms. The first kappa shape index (κ1) is 18.8. The molecule has 148 valence electrons. The van der Waals surface area contributed by atoms with Crippen LogP contribution in [-0.2, 0) is 16.0 Å². The van der Waals surface area contributed by atoms with Crippen molar-refractivity contribution in [2.75, 3.05) is 33.4 Å². The number of hydrogen-bond donors (Lipinski definition) is 2. The van der Waals surface area contributed by atoms with Crippen molar-refractivity contribution in [1.29, 1.82) is 0 Å². The molecule has 1 heterocycles. The highest BCUT2D eigenvalue weighted by atomic mass is 19.1. The van der Waals surface area contributed by atoms with Gasteiger partial charge in [0, 0.05) is 20.2 Å². The summed E-state index contributed by atoms with van der Waals surface area (Å²) in [6.45, 7) is 1.64. The van der Waals surface area contributed by atoms with Gasteiger partial charge in [0.05, 0.1) is 24.8 Å². The number of nitrogens with one attached hydrogen (secondary N) is 1. The minimum Gasteiger partial charge on any atom is -0.388 e. The molecular weight excluding hydrogens is 347 g/mol. The second-order valence-corrected chi connectivity index (χ2v) is 8.29. The van der Waals surface area contributed by atoms with Crippen molar-refractivity contribution < 1.29 is 19.0 Å². The number of carbonyl (C=O) groups excluding carboxylic acids is 1. The number of aliphatic hydroxyl groups is 1. The lowest BCUT2D eigenvalue weighted by atomic mass is 9.91. The number of rotatable bonds is 8. The molecule has 0 spiro atoms. The molecule has 1 amide bonds. The molecule has 2 N–H and O–H groups in total. The van der Waals surface area contributed by atoms with Gasteiger partial charge in [-0.1, -0.05) is 6.07 Å². The van der Waals surface area contributed by atoms with Crippen LogP contribution in [-0.4, -0.2) is 54.9 Å². The second-order valence-electron chi connectivity index (χ2n) is 8.29. The van der Waals surface area contributed by atoms with Crippen LogP contribution in [0.4, 0.5) is 4.39 Å². The Morgan fingerprint density at radius 2 is 2.04 bits per heavy atom. The zero-order valence-electron chi connectivity index (χ0n) is 15.9. The van der Waals surface area contributed by atoms with Crippen molar-refractivity contribution in [3.63, 3.8) is 0 Å². The standard InChI is InChI=1S/C21H29FN2O3/c1-27-12-19-18-7-6-17(22)10-14(18)8-9-24(19)20(25)11-23-13-21(26,15-2-3-15)16-4-5-16/h6-7,10,15-16,19,23,26H,2-5,8-9,11-13H2,1H3. The Balaban J connectivity index is 1.39. The molecule has 1 atom stereocenters. The van der Waals surface area contributed by atoms with E-state index in [-0.39, 0.29) is 24.3 Å². The highest BCUT2D eigenvalue weighted by Crippen LogP contribution is 2.51. The summed E-state index contributed by atoms with van der Waals surface area (Å²) < 4.78 is 18.9. The van der Waals surface area contributed by atoms with Gasteiger partial charge in [-0.05, 0) is 67.2 Å². The quantitative estimate of drug-likeness (QED) is 0.729. The maximum Gasteiger partial charge on any atom is 0.237 e. The van der Waals surface area contributed by atoms with Crippen molar-refractivity contribution in [2.45, 2.75) is 43.7 Å². The Morgan fingerprint density at radius 3 is 2.67 bits per heavy atom. The van der Waals surface area contributed by atoms with Gasteiger partial charge in [-0.25, -0.2) is 4.39 Å². The van der Waals surface area contributed by atoms with Gasteiger partial charge in [-0.2, -0.15) is 0 Å². The van der Waals surface area contributed by atoms with E-state index < -0.39 is 5.60 Å². The Morgan fingerprint density at radius 1 is 1.33 bits per heavy atom. The third kappa shape index (κ3) is 3.89. The van der Waals surface area contributed by atoms with E-state index in [4.69, 9.17) is 4.74 Å². The van der Waals surface area contributed by atoms with Crippen LogP contribution in [0, 0.1) is 17.7 Å². The molecule has 2 aliphatic carbocycles. The number of benzene rings is 1. The van der Waals surface area contributed by atoms with Crippen LogP contribution in [0.2, 0.25) is 0 Å². The molecule has 0 saturated heterocycles. The van der Waals surface area contributed by atoms with Gasteiger partial charge in [-0.3, -0.25) is 4.79 Å². The fourth-order valence-electron chi connectivity index (χ4n) is 4.58. The first-order chi connectivity index (χ1) is 13.0. The van der Waals surface area contributed by atoms with Crippen LogP contribution in [0.1, 0.15) is 42.9 Å². The molecule has 5 nitrogen and oxygen atoms in total. The topological polar surface area (TPSA) is 61.8 Å². The molecule has 4 rings (SSSR count). The molecule has 0 bridgehead atoms. The van der Waals surface area contributed by atoms with E-state index in [9.17, 15) is 14.3 Å². The van der Waals surface area contributed by atoms with E-state index in [2.05, 4.69) is 5.32 Å². The Bertz CT molecular complexity index is 691. The van der Waals surface area contributed by atoms with Crippen molar-refractivity contribution in [2.24, 2.45) is 11.8 Å². The molecule has 1 aromatic rings. The minimum atomic E-state index is -0.641. The van der Waals surface area contributed by atoms with Crippen LogP contribution in [0.3, 0.4) is 0 Å². The molecule has 0 aromatic heterocycles. The maximum atomic E-state index is 13.5. The number of halogens is 1. The van der Waals surface area contributed by atoms with Gasteiger partial charge < -0.3 is 20.1 Å². The number of amides is 1. The third-order valence-electron chi connectivity index (χ3n) is 6.36. The summed E-state index contributed by atoms with van der Waals surface area (Å²) in [6, 6.07) is 4.57. The average molecular weight is 376 g/mol. The summed E-state index contributed by atoms with van der Waals surface area (Å²) >= 11 is 0. The largest absolute Gasteiger partial charge is 0.388 e. The van der Waals surface area contributed by atoms with Crippen LogP contribution in [0.5, 0.6) is 0 Å². The summed E-state index contributed by atoms with van der Waals surface area (Å²) in [5, 5.41) is 14.2. The van der Waals surface area contributed by atoms with E-state index in [1.165, 1.54) is 6.07 Å². The van der Waals surface area contributed by atoms with Gasteiger partial charge in [0.15, 0.2) is 0 Å². The molecule has 2 saturated carbocycles. The number of hydrogen-bond acceptors (Lipinski definition) is 4. The summed E-state index contributed by atoms with van der Waals surface area (Å²) in [4.78, 5) is 14.7. The number of nitrogens with zero attached hydrogens (tertiary/aromatic N) is 1. The van der Waals surface area contributed by atoms with Gasteiger partial charge >= 0.3 is 0 Å². The van der Waals surface area contributed by atoms with Gasteiger partial charge in [-0.15, -0.1) is 0 Å². The van der Waals surface area contributed by atoms with Crippen molar-refractivity contribution in [3.8, 4) is 0 Å². The predicted octanol–water partition coefficient (Wildman–Crippen LogP) is 2.04. The van der Waals surface area contributed by atoms with Gasteiger partial charge in [0.2, 0.25) is 5.91 Å². The van der Waals surface area contributed by atoms with E-state index in [0.29, 0.717) is 38.0 Å². The molecule has 3 aliphatic rings. The van der Waals surface area contributed by atoms with Crippen LogP contribution >= 0.6 is 0 Å². The highest BCUT2D eigenvalue weighted by Gasteiger charge is 2.52. The summed E-state index contributed by atoms with van der Waals surface area (Å²) in [6.07, 6.45) is 5.03. The summed E-state index contributed by atoms with van der Waals surface area (Å²) in [7, 11) is 1.62. The number of methoxy groups -OCH3 is 1. The Kier molecular flexibility index (Phi) is 5.23. The Hall–Kier alpha value is -1.50. The van der Waals surface area contributed by atoms with Gasteiger partial charge in [0.25, 0.3) is 0 Å². The van der Waals surface area contributed by atoms with E-state index in [1.54, 1.807) is 19.2 Å². The second kappa shape index (κ2) is 7.49. The minimum absolute atomic E-state index is 0.000897. The van der Waals surface area contributed by atoms with Crippen molar-refractivity contribution in [1.82, 2.24) is 10.2 Å². The molecule has 1 aromatic carbocycles. The lowest BCUT2D eigenvalue weighted by Crippen LogP contribution is -2.50. The molecule has 1 aliphatic heterocycles. The summed E-state index contributed by atoms with van der Waals surface area (Å²) in [5.41, 5.74) is 1.27. The van der Waals surface area contributed by atoms with Crippen molar-refractivity contribution >= 4 is 5.91 Å². The van der Waals surface area contributed by atoms with Crippen LogP contribution in [0.15, 0.2) is 18.2 Å². The fraction of sp³-hybridized carbons (Fsp3) is 0.667. The zero-order valence-corrected chi connectivity index (χ0v) is 15.9. The lowest BCUT2D eigenvalue weighted by molar-refractivity contribution is -0.134. The molecular formula is C21H29FN2O3. The van der Waals surface area contributed by atoms with E-state index in [0.717, 1.165) is 36.8 Å². The first-order valence-corrected chi connectivity index (χ1v) is 10.0. The molecule has 0 radical (unpaired) electrons. The fourth-order valence-corrected chi connectivity index (χ4v) is 4.58. The number of fused-ring (bicyclic) bond motifs is 1. The lowest BCUT2D eigenvalue weighted by Gasteiger charge is -2.37. The third-order valence-corrected chi connectivity index (χ3v) is 6.36. The normalized spacial score (nSPS) is 22.6. The Labute approximate surface area is 159 Å². The number of carbonyl (C=O) groups is 1. The monoisotopic (exact) mass is 376 g/mol. The summed E-state index contributed by atoms with van der Waals surface area (Å²) in [5.74, 6) is 0.544. The van der Waals surface area contributed by atoms with Crippen LogP contribution in [0.25, 0.3) is 0 Å². The highest BCUT2D eigenvalue weighted by molar-refractivity contribution is 5.79. The first-order valence-electron chi connectivity index (χ1n) is 10.0. The molecule has 1 unspecified atom stereocenters. The average Bonchev–Trinajstić information content (AvgIpc) is 3.54. The smallest absolute Gasteiger partial charge is 0.237 e. The molecule has 27 heavy (non-hydrogen) atoms. The zero-order chi connectivity index (χ0) is 19.0. The van der Waals surface area contributed by atoms with Crippen molar-refractivity contribution in [3.05, 3.63) is 35.1 Å².